The lowest BCUT2D eigenvalue weighted by Gasteiger charge is -2.51. The lowest BCUT2D eigenvalue weighted by Crippen LogP contribution is -2.43. The normalized spacial score (nSPS) is 50.1. The molecular weight excluding hydrogens is 252 g/mol. The molecule has 4 aliphatic rings. The SMILES string of the molecule is CC(C)(C)C1CC2CCC3C4CCCCC4CCC3C2C1. The Morgan fingerprint density at radius 3 is 2.00 bits per heavy atom. The van der Waals surface area contributed by atoms with E-state index >= 15 is 0 Å². The molecule has 4 aliphatic carbocycles. The highest BCUT2D eigenvalue weighted by Gasteiger charge is 2.51. The Kier molecular flexibility index (Phi) is 3.66. The zero-order chi connectivity index (χ0) is 14.6. The number of hydrogen-bond donors (Lipinski definition) is 0. The molecule has 0 aromatic carbocycles. The second kappa shape index (κ2) is 5.27. The second-order valence-corrected chi connectivity index (χ2v) is 10.1. The molecule has 0 heteroatoms. The molecule has 0 radical (unpaired) electrons. The van der Waals surface area contributed by atoms with Crippen molar-refractivity contribution in [2.75, 3.05) is 0 Å². The zero-order valence-corrected chi connectivity index (χ0v) is 14.6. The van der Waals surface area contributed by atoms with Gasteiger partial charge in [0.25, 0.3) is 0 Å². The van der Waals surface area contributed by atoms with Crippen LogP contribution in [0.4, 0.5) is 0 Å². The zero-order valence-electron chi connectivity index (χ0n) is 14.6. The van der Waals surface area contributed by atoms with Crippen LogP contribution >= 0.6 is 0 Å². The molecule has 0 spiro atoms. The molecular formula is C21H36. The quantitative estimate of drug-likeness (QED) is 0.490. The smallest absolute Gasteiger partial charge is 0.0352 e. The van der Waals surface area contributed by atoms with Crippen LogP contribution in [-0.4, -0.2) is 0 Å². The predicted molar refractivity (Wildman–Crippen MR) is 90.1 cm³/mol. The molecule has 0 aliphatic heterocycles. The third-order valence-electron chi connectivity index (χ3n) is 8.33. The van der Waals surface area contributed by atoms with E-state index in [4.69, 9.17) is 0 Å². The Hall–Kier alpha value is 0. The van der Waals surface area contributed by atoms with Gasteiger partial charge in [0.1, 0.15) is 0 Å². The lowest BCUT2D eigenvalue weighted by atomic mass is 9.54. The van der Waals surface area contributed by atoms with Crippen LogP contribution in [0.3, 0.4) is 0 Å². The Balaban J connectivity index is 1.51. The van der Waals surface area contributed by atoms with E-state index in [1.54, 1.807) is 57.8 Å². The highest BCUT2D eigenvalue weighted by Crippen LogP contribution is 2.60. The fourth-order valence-electron chi connectivity index (χ4n) is 7.18. The van der Waals surface area contributed by atoms with Gasteiger partial charge in [-0.3, -0.25) is 0 Å². The van der Waals surface area contributed by atoms with Crippen molar-refractivity contribution in [3.63, 3.8) is 0 Å². The van der Waals surface area contributed by atoms with E-state index in [1.807, 2.05) is 0 Å². The van der Waals surface area contributed by atoms with Gasteiger partial charge in [-0.25, -0.2) is 0 Å². The van der Waals surface area contributed by atoms with Crippen LogP contribution in [0.15, 0.2) is 0 Å². The summed E-state index contributed by atoms with van der Waals surface area (Å²) in [5.41, 5.74) is 0.550. The summed E-state index contributed by atoms with van der Waals surface area (Å²) in [5.74, 6) is 7.80. The topological polar surface area (TPSA) is 0 Å². The molecule has 0 aromatic heterocycles. The summed E-state index contributed by atoms with van der Waals surface area (Å²) in [7, 11) is 0. The summed E-state index contributed by atoms with van der Waals surface area (Å²) in [6, 6.07) is 0. The molecule has 4 rings (SSSR count). The molecule has 0 amide bonds. The molecule has 0 saturated heterocycles. The van der Waals surface area contributed by atoms with Crippen molar-refractivity contribution in [3.05, 3.63) is 0 Å². The molecule has 4 fully saturated rings. The average molecular weight is 289 g/mol. The maximum Gasteiger partial charge on any atom is -0.0352 e. The van der Waals surface area contributed by atoms with Crippen LogP contribution in [-0.2, 0) is 0 Å². The third kappa shape index (κ3) is 2.49. The first-order chi connectivity index (χ1) is 10.0. The van der Waals surface area contributed by atoms with Crippen LogP contribution in [0.1, 0.15) is 85.0 Å². The molecule has 0 heterocycles. The van der Waals surface area contributed by atoms with Crippen molar-refractivity contribution in [3.8, 4) is 0 Å². The summed E-state index contributed by atoms with van der Waals surface area (Å²) in [6.45, 7) is 7.47. The van der Waals surface area contributed by atoms with Gasteiger partial charge in [0, 0.05) is 0 Å². The van der Waals surface area contributed by atoms with Crippen LogP contribution in [0.5, 0.6) is 0 Å². The highest BCUT2D eigenvalue weighted by molar-refractivity contribution is 5.01. The molecule has 120 valence electrons. The Morgan fingerprint density at radius 2 is 1.24 bits per heavy atom. The van der Waals surface area contributed by atoms with Crippen LogP contribution < -0.4 is 0 Å². The van der Waals surface area contributed by atoms with Crippen molar-refractivity contribution in [2.24, 2.45) is 46.8 Å². The molecule has 0 N–H and O–H groups in total. The van der Waals surface area contributed by atoms with Gasteiger partial charge in [-0.15, -0.1) is 0 Å². The summed E-state index contributed by atoms with van der Waals surface area (Å²) < 4.78 is 0. The monoisotopic (exact) mass is 288 g/mol. The van der Waals surface area contributed by atoms with Gasteiger partial charge in [-0.05, 0) is 91.8 Å². The molecule has 21 heavy (non-hydrogen) atoms. The van der Waals surface area contributed by atoms with Crippen molar-refractivity contribution in [1.29, 1.82) is 0 Å². The van der Waals surface area contributed by atoms with Crippen molar-refractivity contribution in [2.45, 2.75) is 85.0 Å². The largest absolute Gasteiger partial charge is 0.0599 e. The van der Waals surface area contributed by atoms with E-state index < -0.39 is 0 Å². The van der Waals surface area contributed by atoms with Gasteiger partial charge < -0.3 is 0 Å². The molecule has 7 unspecified atom stereocenters. The number of fused-ring (bicyclic) bond motifs is 5. The van der Waals surface area contributed by atoms with Gasteiger partial charge in [0.2, 0.25) is 0 Å². The molecule has 0 bridgehead atoms. The minimum absolute atomic E-state index is 0.550. The summed E-state index contributed by atoms with van der Waals surface area (Å²) in [6.07, 6.45) is 15.8. The Labute approximate surface area is 132 Å². The third-order valence-corrected chi connectivity index (χ3v) is 8.33. The fraction of sp³-hybridized carbons (Fsp3) is 1.00. The molecule has 0 aromatic rings. The van der Waals surface area contributed by atoms with Crippen LogP contribution in [0.25, 0.3) is 0 Å². The number of hydrogen-bond acceptors (Lipinski definition) is 0. The second-order valence-electron chi connectivity index (χ2n) is 10.1. The summed E-state index contributed by atoms with van der Waals surface area (Å²) in [4.78, 5) is 0. The minimum Gasteiger partial charge on any atom is -0.0599 e. The van der Waals surface area contributed by atoms with E-state index in [9.17, 15) is 0 Å². The first-order valence-corrected chi connectivity index (χ1v) is 10.0. The first-order valence-electron chi connectivity index (χ1n) is 10.0. The van der Waals surface area contributed by atoms with Crippen LogP contribution in [0, 0.1) is 46.8 Å². The first kappa shape index (κ1) is 14.6. The van der Waals surface area contributed by atoms with Gasteiger partial charge in [0.15, 0.2) is 0 Å². The standard InChI is InChI=1S/C21H36/c1-21(2,3)16-12-15-9-11-18-17-7-5-4-6-14(17)8-10-19(18)20(15)13-16/h14-20H,4-13H2,1-3H3. The summed E-state index contributed by atoms with van der Waals surface area (Å²) in [5, 5.41) is 0. The van der Waals surface area contributed by atoms with Crippen molar-refractivity contribution >= 4 is 0 Å². The average Bonchev–Trinajstić information content (AvgIpc) is 2.91. The minimum atomic E-state index is 0.550. The maximum absolute atomic E-state index is 2.49. The van der Waals surface area contributed by atoms with E-state index in [0.717, 1.165) is 41.4 Å². The Morgan fingerprint density at radius 1 is 0.571 bits per heavy atom. The predicted octanol–water partition coefficient (Wildman–Crippen LogP) is 6.30. The van der Waals surface area contributed by atoms with E-state index in [1.165, 1.54) is 6.42 Å². The van der Waals surface area contributed by atoms with Gasteiger partial charge in [-0.2, -0.15) is 0 Å². The molecule has 0 nitrogen and oxygen atoms in total. The summed E-state index contributed by atoms with van der Waals surface area (Å²) >= 11 is 0. The molecule has 7 atom stereocenters. The lowest BCUT2D eigenvalue weighted by molar-refractivity contribution is -0.0188. The van der Waals surface area contributed by atoms with Crippen LogP contribution in [0.2, 0.25) is 0 Å². The number of rotatable bonds is 0. The van der Waals surface area contributed by atoms with Crippen molar-refractivity contribution < 1.29 is 0 Å². The van der Waals surface area contributed by atoms with E-state index in [0.29, 0.717) is 5.41 Å². The Bertz CT molecular complexity index is 376. The van der Waals surface area contributed by atoms with Gasteiger partial charge >= 0.3 is 0 Å². The van der Waals surface area contributed by atoms with Crippen molar-refractivity contribution in [1.82, 2.24) is 0 Å². The van der Waals surface area contributed by atoms with E-state index in [2.05, 4.69) is 20.8 Å². The highest BCUT2D eigenvalue weighted by atomic mass is 14.6. The fourth-order valence-corrected chi connectivity index (χ4v) is 7.18. The van der Waals surface area contributed by atoms with E-state index in [-0.39, 0.29) is 0 Å². The van der Waals surface area contributed by atoms with Gasteiger partial charge in [-0.1, -0.05) is 40.0 Å². The molecule has 4 saturated carbocycles. The maximum atomic E-state index is 2.49. The van der Waals surface area contributed by atoms with Gasteiger partial charge in [0.05, 0.1) is 0 Å².